The number of hydrogen-bond donors (Lipinski definition) is 5. The molecule has 1 aliphatic carbocycles. The number of nitrogens with zero attached hydrogens (tertiary/aromatic N) is 2. The van der Waals surface area contributed by atoms with Gasteiger partial charge in [-0.15, -0.1) is 0 Å². The van der Waals surface area contributed by atoms with Crippen LogP contribution in [0, 0.1) is 6.92 Å². The highest BCUT2D eigenvalue weighted by atomic mass is 28.3. The zero-order valence-corrected chi connectivity index (χ0v) is 28.4. The average Bonchev–Trinajstić information content (AvgIpc) is 3.81. The van der Waals surface area contributed by atoms with Gasteiger partial charge >= 0.3 is 0 Å². The van der Waals surface area contributed by atoms with Crippen LogP contribution in [0.5, 0.6) is 0 Å². The molecular formula is C37H46N3O6Si+. The maximum absolute atomic E-state index is 13.2. The molecule has 0 radical (unpaired) electrons. The summed E-state index contributed by atoms with van der Waals surface area (Å²) in [5.41, 5.74) is 8.88. The van der Waals surface area contributed by atoms with Crippen molar-refractivity contribution in [3.63, 3.8) is 0 Å². The molecule has 5 aliphatic rings. The van der Waals surface area contributed by atoms with E-state index >= 15 is 0 Å². The number of ether oxygens (including phenoxy) is 1. The lowest BCUT2D eigenvalue weighted by atomic mass is 9.87. The predicted molar refractivity (Wildman–Crippen MR) is 185 cm³/mol. The number of benzene rings is 2. The SMILES string of the molecule is Cc1cc(C(=O)NC[C@H]2O[C@H](O)[C@H](O)[C@@H](O)[C@@H]2O)ccc1C1=C2C=CC(=[N+]3CCCC3)C=C2[Si](C)(C)c2cc(N3CCCC3)ccc21. The van der Waals surface area contributed by atoms with Crippen LogP contribution in [0.3, 0.4) is 0 Å². The highest BCUT2D eigenvalue weighted by molar-refractivity contribution is 6.98. The van der Waals surface area contributed by atoms with Gasteiger partial charge in [0.25, 0.3) is 5.91 Å². The smallest absolute Gasteiger partial charge is 0.251 e. The van der Waals surface area contributed by atoms with E-state index in [1.54, 1.807) is 0 Å². The summed E-state index contributed by atoms with van der Waals surface area (Å²) in [6.45, 7) is 11.3. The van der Waals surface area contributed by atoms with E-state index in [1.165, 1.54) is 64.2 Å². The van der Waals surface area contributed by atoms with Crippen molar-refractivity contribution in [1.29, 1.82) is 0 Å². The minimum Gasteiger partial charge on any atom is -0.388 e. The van der Waals surface area contributed by atoms with Crippen LogP contribution < -0.4 is 15.4 Å². The second-order valence-electron chi connectivity index (χ2n) is 14.1. The van der Waals surface area contributed by atoms with Gasteiger partial charge in [0.15, 0.2) is 12.0 Å². The van der Waals surface area contributed by atoms with E-state index in [0.29, 0.717) is 5.56 Å². The fourth-order valence-electron chi connectivity index (χ4n) is 7.94. The van der Waals surface area contributed by atoms with Crippen molar-refractivity contribution in [1.82, 2.24) is 5.32 Å². The molecule has 3 saturated heterocycles. The van der Waals surface area contributed by atoms with E-state index in [2.05, 4.69) is 64.3 Å². The van der Waals surface area contributed by atoms with Gasteiger partial charge in [-0.2, -0.15) is 0 Å². The summed E-state index contributed by atoms with van der Waals surface area (Å²) in [4.78, 5) is 15.8. The molecule has 10 heteroatoms. The van der Waals surface area contributed by atoms with Gasteiger partial charge in [0.1, 0.15) is 45.6 Å². The van der Waals surface area contributed by atoms with Crippen LogP contribution >= 0.6 is 0 Å². The number of allylic oxidation sites excluding steroid dienone is 5. The van der Waals surface area contributed by atoms with Crippen LogP contribution in [0.4, 0.5) is 5.69 Å². The summed E-state index contributed by atoms with van der Waals surface area (Å²) in [6, 6.07) is 12.8. The molecule has 0 spiro atoms. The summed E-state index contributed by atoms with van der Waals surface area (Å²) >= 11 is 0. The topological polar surface area (TPSA) is 126 Å². The lowest BCUT2D eigenvalue weighted by Crippen LogP contribution is -2.60. The quantitative estimate of drug-likeness (QED) is 0.247. The number of aliphatic hydroxyl groups is 4. The van der Waals surface area contributed by atoms with E-state index in [9.17, 15) is 25.2 Å². The Morgan fingerprint density at radius 1 is 0.936 bits per heavy atom. The van der Waals surface area contributed by atoms with E-state index in [4.69, 9.17) is 4.74 Å². The largest absolute Gasteiger partial charge is 0.388 e. The van der Waals surface area contributed by atoms with Crippen LogP contribution in [0.1, 0.15) is 52.7 Å². The summed E-state index contributed by atoms with van der Waals surface area (Å²) in [5.74, 6) is -0.362. The predicted octanol–water partition coefficient (Wildman–Crippen LogP) is 2.14. The number of carbonyl (C=O) groups excluding carboxylic acids is 1. The van der Waals surface area contributed by atoms with Gasteiger partial charge in [0.05, 0.1) is 0 Å². The van der Waals surface area contributed by atoms with Crippen LogP contribution in [-0.2, 0) is 4.74 Å². The Morgan fingerprint density at radius 2 is 1.66 bits per heavy atom. The highest BCUT2D eigenvalue weighted by Gasteiger charge is 2.43. The van der Waals surface area contributed by atoms with Crippen LogP contribution in [0.15, 0.2) is 65.4 Å². The molecule has 0 unspecified atom stereocenters. The Balaban J connectivity index is 1.24. The monoisotopic (exact) mass is 656 g/mol. The number of aliphatic hydroxyl groups excluding tert-OH is 4. The van der Waals surface area contributed by atoms with Gasteiger partial charge in [-0.1, -0.05) is 25.2 Å². The van der Waals surface area contributed by atoms with Gasteiger partial charge in [-0.25, -0.2) is 4.58 Å². The molecule has 2 aromatic rings. The third kappa shape index (κ3) is 5.75. The number of nitrogens with one attached hydrogen (secondary N) is 1. The number of anilines is 1. The van der Waals surface area contributed by atoms with Gasteiger partial charge in [0, 0.05) is 55.9 Å². The van der Waals surface area contributed by atoms with Crippen molar-refractivity contribution in [2.45, 2.75) is 76.4 Å². The number of carbonyl (C=O) groups is 1. The zero-order chi connectivity index (χ0) is 33.0. The molecule has 0 saturated carbocycles. The molecular weight excluding hydrogens is 611 g/mol. The number of aryl methyl sites for hydroxylation is 1. The molecule has 4 heterocycles. The molecule has 4 aliphatic heterocycles. The van der Waals surface area contributed by atoms with Gasteiger partial charge < -0.3 is 35.4 Å². The number of fused-ring (bicyclic) bond motifs is 2. The lowest BCUT2D eigenvalue weighted by molar-refractivity contribution is -0.504. The van der Waals surface area contributed by atoms with Gasteiger partial charge in [-0.05, 0) is 88.3 Å². The van der Waals surface area contributed by atoms with Crippen molar-refractivity contribution in [3.8, 4) is 0 Å². The summed E-state index contributed by atoms with van der Waals surface area (Å²) < 4.78 is 7.74. The zero-order valence-electron chi connectivity index (χ0n) is 27.4. The van der Waals surface area contributed by atoms with E-state index in [1.807, 2.05) is 25.1 Å². The lowest BCUT2D eigenvalue weighted by Gasteiger charge is -2.38. The highest BCUT2D eigenvalue weighted by Crippen LogP contribution is 2.43. The molecule has 9 nitrogen and oxygen atoms in total. The summed E-state index contributed by atoms with van der Waals surface area (Å²) in [6.07, 6.45) is 4.63. The summed E-state index contributed by atoms with van der Waals surface area (Å²) in [7, 11) is -2.09. The Morgan fingerprint density at radius 3 is 2.38 bits per heavy atom. The third-order valence-electron chi connectivity index (χ3n) is 10.7. The average molecular weight is 657 g/mol. The van der Waals surface area contributed by atoms with Crippen LogP contribution in [0.2, 0.25) is 13.1 Å². The van der Waals surface area contributed by atoms with Gasteiger partial charge in [-0.3, -0.25) is 4.79 Å². The Hall–Kier alpha value is -3.38. The first kappa shape index (κ1) is 32.2. The maximum atomic E-state index is 13.2. The molecule has 0 aromatic heterocycles. The first-order valence-corrected chi connectivity index (χ1v) is 20.0. The summed E-state index contributed by atoms with van der Waals surface area (Å²) in [5, 5.41) is 45.6. The molecule has 5 N–H and O–H groups in total. The second kappa shape index (κ2) is 12.6. The Labute approximate surface area is 277 Å². The van der Waals surface area contributed by atoms with Crippen molar-refractivity contribution in [2.75, 3.05) is 37.6 Å². The molecule has 248 valence electrons. The minimum absolute atomic E-state index is 0.141. The molecule has 5 atom stereocenters. The fraction of sp³-hybridized carbons (Fsp3) is 0.459. The fourth-order valence-corrected chi connectivity index (χ4v) is 11.0. The van der Waals surface area contributed by atoms with E-state index < -0.39 is 38.8 Å². The second-order valence-corrected chi connectivity index (χ2v) is 18.5. The number of rotatable bonds is 5. The first-order valence-electron chi connectivity index (χ1n) is 17.0. The maximum Gasteiger partial charge on any atom is 0.251 e. The molecule has 0 bridgehead atoms. The molecule has 47 heavy (non-hydrogen) atoms. The first-order chi connectivity index (χ1) is 22.5. The normalized spacial score (nSPS) is 28.4. The number of amides is 1. The third-order valence-corrected chi connectivity index (χ3v) is 14.3. The van der Waals surface area contributed by atoms with Crippen molar-refractivity contribution in [3.05, 3.63) is 87.6 Å². The minimum atomic E-state index is -2.09. The molecule has 1 amide bonds. The molecule has 3 fully saturated rings. The van der Waals surface area contributed by atoms with Crippen LogP contribution in [0.25, 0.3) is 5.57 Å². The van der Waals surface area contributed by atoms with Crippen molar-refractivity contribution in [2.24, 2.45) is 0 Å². The van der Waals surface area contributed by atoms with Crippen molar-refractivity contribution < 1.29 is 34.5 Å². The van der Waals surface area contributed by atoms with E-state index in [-0.39, 0.29) is 12.5 Å². The van der Waals surface area contributed by atoms with Crippen LogP contribution in [-0.4, -0.2) is 108 Å². The standard InChI is InChI=1S/C37H45N3O6Si/c1-22-18-23(36(44)38-21-29-33(41)34(42)35(43)37(45)46-29)8-11-26(22)32-27-12-9-24(39-14-4-5-15-39)19-30(27)47(2,3)31-20-25(10-13-28(31)32)40-16-6-7-17-40/h8-13,18-20,29,33-35,37,41-43,45H,4-7,14-17,21H2,1-3H3/p+1/t29-,33-,34+,35-,37+/m1/s1. The van der Waals surface area contributed by atoms with Crippen molar-refractivity contribution >= 4 is 36.1 Å². The Bertz CT molecular complexity index is 1710. The van der Waals surface area contributed by atoms with Gasteiger partial charge in [0.2, 0.25) is 0 Å². The molecule has 7 rings (SSSR count). The van der Waals surface area contributed by atoms with E-state index in [0.717, 1.165) is 37.3 Å². The number of hydrogen-bond acceptors (Lipinski definition) is 7. The Kier molecular flexibility index (Phi) is 8.61. The molecule has 2 aromatic carbocycles.